The van der Waals surface area contributed by atoms with Crippen LogP contribution in [0.1, 0.15) is 127 Å². The fourth-order valence-corrected chi connectivity index (χ4v) is 16.0. The molecule has 6 heterocycles. The van der Waals surface area contributed by atoms with Crippen molar-refractivity contribution in [3.8, 4) is 126 Å². The van der Waals surface area contributed by atoms with E-state index in [9.17, 15) is 123 Å². The van der Waals surface area contributed by atoms with Crippen molar-refractivity contribution in [3.63, 3.8) is 0 Å². The van der Waals surface area contributed by atoms with Gasteiger partial charge in [-0.3, -0.25) is 0 Å². The number of aromatic hydroxyl groups is 17. The summed E-state index contributed by atoms with van der Waals surface area (Å²) in [6.07, 6.45) is -18.7. The number of ether oxygens (including phenoxy) is 6. The van der Waals surface area contributed by atoms with Crippen LogP contribution in [0.15, 0.2) is 138 Å². The zero-order valence-electron chi connectivity index (χ0n) is 53.7. The Bertz CT molecular complexity index is 5260. The van der Waals surface area contributed by atoms with Crippen molar-refractivity contribution in [1.82, 2.24) is 0 Å². The van der Waals surface area contributed by atoms with Crippen LogP contribution in [0.3, 0.4) is 0 Å². The number of hydrogen-bond acceptors (Lipinski definition) is 30. The number of benzene rings is 9. The van der Waals surface area contributed by atoms with Crippen molar-refractivity contribution in [2.45, 2.75) is 103 Å². The summed E-state index contributed by atoms with van der Waals surface area (Å²) in [5.41, 5.74) is -4.90. The molecule has 2 bridgehead atoms. The van der Waals surface area contributed by atoms with Crippen LogP contribution in [-0.2, 0) is 16.9 Å². The molecule has 12 unspecified atom stereocenters. The van der Waals surface area contributed by atoms with Crippen LogP contribution in [0.25, 0.3) is 0 Å². The maximum Gasteiger partial charge on any atom is 0.305 e. The molecule has 15 atom stereocenters. The summed E-state index contributed by atoms with van der Waals surface area (Å²) in [5.74, 6) is -27.3. The zero-order valence-corrected chi connectivity index (χ0v) is 53.7. The topological polar surface area (TPSA) is 541 Å². The van der Waals surface area contributed by atoms with E-state index in [1.807, 2.05) is 0 Å². The monoisotopic (exact) mass is 1440 g/mol. The lowest BCUT2D eigenvalue weighted by Crippen LogP contribution is -2.57. The molecule has 0 amide bonds. The Kier molecular flexibility index (Phi) is 15.1. The van der Waals surface area contributed by atoms with Crippen molar-refractivity contribution in [1.29, 1.82) is 0 Å². The SMILES string of the molecule is OC1=C2C(=CC(O)C1)O[C@@]1(c3ccc(O)c(O)c3)Oc3cc(O)c4c(c3[C@@H]2[C@H]1O)OC(c1ccc(O)c(O)c1)C(O)C4c1c(O)cc(O)c2c1OC(c1ccc(O)c(O)c1)C(O)C2c1c(O)cc(O)c2c1OC(c1ccc(O)c(O)c1)C(O)C2c1c(O)cc(O)c2c1OC(c1ccc(O)c(O)c1)C(O)C2. The molecule has 0 radical (unpaired) electrons. The highest BCUT2D eigenvalue weighted by atomic mass is 16.7. The van der Waals surface area contributed by atoms with Crippen LogP contribution in [-0.4, -0.2) is 159 Å². The quantitative estimate of drug-likeness (QED) is 0.0697. The average molecular weight is 1440 g/mol. The molecule has 7 aliphatic rings. The second-order valence-corrected chi connectivity index (χ2v) is 26.8. The van der Waals surface area contributed by atoms with E-state index in [1.165, 1.54) is 30.3 Å². The third-order valence-corrected chi connectivity index (χ3v) is 20.7. The molecule has 24 N–H and O–H groups in total. The molecule has 542 valence electrons. The maximum atomic E-state index is 13.4. The molecule has 30 heteroatoms. The maximum absolute atomic E-state index is 13.4. The van der Waals surface area contributed by atoms with Crippen LogP contribution < -0.4 is 23.7 Å². The van der Waals surface area contributed by atoms with Gasteiger partial charge < -0.3 is 151 Å². The van der Waals surface area contributed by atoms with Gasteiger partial charge in [-0.2, -0.15) is 0 Å². The molecule has 105 heavy (non-hydrogen) atoms. The minimum atomic E-state index is -2.49. The summed E-state index contributed by atoms with van der Waals surface area (Å²) in [6.45, 7) is 0. The first kappa shape index (κ1) is 66.9. The number of aliphatic hydroxyl groups excluding tert-OH is 7. The lowest BCUT2D eigenvalue weighted by molar-refractivity contribution is -0.252. The molecular weight excluding hydrogens is 1380 g/mol. The van der Waals surface area contributed by atoms with Gasteiger partial charge in [0.2, 0.25) is 0 Å². The van der Waals surface area contributed by atoms with Gasteiger partial charge in [0, 0.05) is 92.8 Å². The van der Waals surface area contributed by atoms with Gasteiger partial charge in [-0.05, 0) is 95.1 Å². The number of hydrogen-bond donors (Lipinski definition) is 24. The standard InChI is InChI=1S/C75H62O30/c76-28-16-41(88)51-49(17-28)104-75(27-5-10-34(81)40(87)15-27)74(99)62(51)58-50(105-75)22-47(94)57-61(65(98)69(103-73(57)58)26-4-9-33(80)39(86)14-26)56-46(93)21-45(92)55-60(64(97)68(102-72(55)56)25-3-8-32(79)38(85)13-25)54-44(91)20-43(90)53-59(63(96)67(101-71(53)54)24-2-7-31(78)37(84)12-24)52-42(89)19-35(82)29-18-48(95)66(100-70(29)52)23-1-6-30(77)36(83)11-23/h1-15,17,19-22,28,48,59-69,74,76-99H,16,18H2/t28?,48?,59?,60?,61?,62-,63?,64?,65?,66?,67?,68?,69?,74-,75+/m1/s1. The summed E-state index contributed by atoms with van der Waals surface area (Å²) in [5, 5.41) is 283. The predicted molar refractivity (Wildman–Crippen MR) is 354 cm³/mol. The Labute approximate surface area is 589 Å². The second kappa shape index (κ2) is 23.7. The molecular formula is C75H62O30. The highest BCUT2D eigenvalue weighted by Gasteiger charge is 2.63. The first-order valence-corrected chi connectivity index (χ1v) is 32.5. The van der Waals surface area contributed by atoms with E-state index in [0.717, 1.165) is 78.9 Å². The number of fused-ring (bicyclic) bond motifs is 11. The van der Waals surface area contributed by atoms with Crippen LogP contribution in [0, 0.1) is 0 Å². The predicted octanol–water partition coefficient (Wildman–Crippen LogP) is 6.78. The number of rotatable bonds is 8. The molecule has 1 aliphatic carbocycles. The van der Waals surface area contributed by atoms with Crippen LogP contribution in [0.5, 0.6) is 126 Å². The van der Waals surface area contributed by atoms with Crippen molar-refractivity contribution >= 4 is 0 Å². The normalized spacial score (nSPS) is 26.7. The largest absolute Gasteiger partial charge is 0.512 e. The van der Waals surface area contributed by atoms with E-state index in [4.69, 9.17) is 28.4 Å². The lowest BCUT2D eigenvalue weighted by Gasteiger charge is -2.52. The Hall–Kier alpha value is -12.6. The molecule has 6 aliphatic heterocycles. The molecule has 1 saturated heterocycles. The zero-order chi connectivity index (χ0) is 74.3. The Morgan fingerprint density at radius 1 is 0.305 bits per heavy atom. The van der Waals surface area contributed by atoms with Gasteiger partial charge in [-0.25, -0.2) is 0 Å². The fourth-order valence-electron chi connectivity index (χ4n) is 16.0. The van der Waals surface area contributed by atoms with Crippen LogP contribution in [0.2, 0.25) is 0 Å². The molecule has 9 aromatic carbocycles. The molecule has 0 saturated carbocycles. The minimum Gasteiger partial charge on any atom is -0.512 e. The molecule has 30 nitrogen and oxygen atoms in total. The summed E-state index contributed by atoms with van der Waals surface area (Å²) < 4.78 is 39.8. The van der Waals surface area contributed by atoms with Gasteiger partial charge in [0.1, 0.15) is 111 Å². The number of allylic oxidation sites excluding steroid dienone is 1. The first-order valence-electron chi connectivity index (χ1n) is 32.5. The van der Waals surface area contributed by atoms with E-state index in [1.54, 1.807) is 0 Å². The molecule has 9 aromatic rings. The molecule has 1 fully saturated rings. The van der Waals surface area contributed by atoms with E-state index >= 15 is 0 Å². The van der Waals surface area contributed by atoms with Crippen LogP contribution >= 0.6 is 0 Å². The highest BCUT2D eigenvalue weighted by Crippen LogP contribution is 2.68. The van der Waals surface area contributed by atoms with E-state index < -0.39 is 269 Å². The number of phenolic OH excluding ortho intramolecular Hbond substituents is 17. The van der Waals surface area contributed by atoms with Crippen molar-refractivity contribution in [2.75, 3.05) is 0 Å². The Morgan fingerprint density at radius 3 is 1.07 bits per heavy atom. The van der Waals surface area contributed by atoms with Gasteiger partial charge in [0.05, 0.1) is 35.9 Å². The van der Waals surface area contributed by atoms with Crippen molar-refractivity contribution in [3.05, 3.63) is 211 Å². The van der Waals surface area contributed by atoms with Crippen molar-refractivity contribution < 1.29 is 151 Å². The Morgan fingerprint density at radius 2 is 0.657 bits per heavy atom. The summed E-state index contributed by atoms with van der Waals surface area (Å²) >= 11 is 0. The summed E-state index contributed by atoms with van der Waals surface area (Å²) in [4.78, 5) is 0. The number of phenols is 17. The van der Waals surface area contributed by atoms with E-state index in [-0.39, 0.29) is 50.3 Å². The van der Waals surface area contributed by atoms with Gasteiger partial charge in [0.15, 0.2) is 75.8 Å². The smallest absolute Gasteiger partial charge is 0.305 e. The van der Waals surface area contributed by atoms with Crippen molar-refractivity contribution in [2.24, 2.45) is 0 Å². The third kappa shape index (κ3) is 10.00. The van der Waals surface area contributed by atoms with Gasteiger partial charge >= 0.3 is 5.79 Å². The number of aliphatic hydroxyl groups is 7. The van der Waals surface area contributed by atoms with Gasteiger partial charge in [-0.1, -0.05) is 24.3 Å². The van der Waals surface area contributed by atoms with Gasteiger partial charge in [-0.15, -0.1) is 0 Å². The lowest BCUT2D eigenvalue weighted by atomic mass is 9.69. The molecule has 0 spiro atoms. The minimum absolute atomic E-state index is 0.0377. The average Bonchev–Trinajstić information content (AvgIpc) is 0.688. The first-order chi connectivity index (χ1) is 49.9. The highest BCUT2D eigenvalue weighted by molar-refractivity contribution is 5.75. The Balaban J connectivity index is 0.962. The summed E-state index contributed by atoms with van der Waals surface area (Å²) in [6, 6.07) is 19.4. The fraction of sp³-hybridized carbons (Fsp3) is 0.227. The van der Waals surface area contributed by atoms with E-state index in [2.05, 4.69) is 0 Å². The summed E-state index contributed by atoms with van der Waals surface area (Å²) in [7, 11) is 0. The molecule has 0 aromatic heterocycles. The second-order valence-electron chi connectivity index (χ2n) is 26.8. The van der Waals surface area contributed by atoms with Gasteiger partial charge in [0.25, 0.3) is 0 Å². The van der Waals surface area contributed by atoms with E-state index in [0.29, 0.717) is 12.1 Å². The van der Waals surface area contributed by atoms with Crippen LogP contribution in [0.4, 0.5) is 0 Å². The third-order valence-electron chi connectivity index (χ3n) is 20.7. The molecule has 16 rings (SSSR count).